The number of nitrogens with zero attached hydrogens (tertiary/aromatic N) is 6. The Hall–Kier alpha value is -3.92. The third kappa shape index (κ3) is 4.92. The van der Waals surface area contributed by atoms with Gasteiger partial charge in [-0.1, -0.05) is 12.7 Å². The van der Waals surface area contributed by atoms with Crippen molar-refractivity contribution in [1.82, 2.24) is 24.4 Å². The van der Waals surface area contributed by atoms with Crippen molar-refractivity contribution in [2.45, 2.75) is 51.9 Å². The molecule has 0 radical (unpaired) electrons. The maximum absolute atomic E-state index is 12.6. The molecule has 3 aliphatic heterocycles. The maximum Gasteiger partial charge on any atom is 0.410 e. The van der Waals surface area contributed by atoms with E-state index in [0.29, 0.717) is 25.6 Å². The number of fused-ring (bicyclic) bond motifs is 2. The molecule has 2 atom stereocenters. The third-order valence-electron chi connectivity index (χ3n) is 7.58. The number of rotatable bonds is 5. The van der Waals surface area contributed by atoms with Crippen LogP contribution in [0.2, 0.25) is 0 Å². The van der Waals surface area contributed by atoms with Crippen LogP contribution < -0.4 is 9.64 Å². The van der Waals surface area contributed by atoms with Crippen molar-refractivity contribution < 1.29 is 19.0 Å². The molecule has 1 aromatic carbocycles. The third-order valence-corrected chi connectivity index (χ3v) is 7.58. The van der Waals surface area contributed by atoms with Crippen molar-refractivity contribution in [3.05, 3.63) is 48.4 Å². The fraction of sp³-hybridized carbons (Fsp3) is 0.467. The molecule has 2 unspecified atom stereocenters. The van der Waals surface area contributed by atoms with Crippen molar-refractivity contribution in [2.24, 2.45) is 5.92 Å². The van der Waals surface area contributed by atoms with E-state index in [1.807, 2.05) is 49.9 Å². The first kappa shape index (κ1) is 26.3. The van der Waals surface area contributed by atoms with Crippen LogP contribution in [0.15, 0.2) is 42.9 Å². The second-order valence-electron chi connectivity index (χ2n) is 11.6. The highest BCUT2D eigenvalue weighted by molar-refractivity contribution is 5.89. The molecule has 0 bridgehead atoms. The smallest absolute Gasteiger partial charge is 0.410 e. The van der Waals surface area contributed by atoms with E-state index in [0.717, 1.165) is 59.6 Å². The Kier molecular flexibility index (Phi) is 6.74. The fourth-order valence-corrected chi connectivity index (χ4v) is 5.64. The summed E-state index contributed by atoms with van der Waals surface area (Å²) in [5.41, 5.74) is 4.65. The van der Waals surface area contributed by atoms with Crippen molar-refractivity contribution >= 4 is 29.3 Å². The van der Waals surface area contributed by atoms with Gasteiger partial charge in [-0.05, 0) is 63.8 Å². The predicted octanol–water partition coefficient (Wildman–Crippen LogP) is 5.41. The second kappa shape index (κ2) is 10.2. The molecule has 3 aliphatic rings. The molecule has 2 aromatic heterocycles. The molecule has 0 saturated carbocycles. The van der Waals surface area contributed by atoms with Crippen molar-refractivity contribution in [3.63, 3.8) is 0 Å². The Balaban J connectivity index is 1.38. The molecule has 5 heterocycles. The van der Waals surface area contributed by atoms with Gasteiger partial charge in [0.2, 0.25) is 5.95 Å². The van der Waals surface area contributed by atoms with Crippen LogP contribution in [-0.2, 0) is 9.47 Å². The molecule has 0 N–H and O–H groups in total. The van der Waals surface area contributed by atoms with Crippen molar-refractivity contribution in [2.75, 3.05) is 38.3 Å². The quantitative estimate of drug-likeness (QED) is 0.421. The van der Waals surface area contributed by atoms with E-state index in [1.54, 1.807) is 18.1 Å². The van der Waals surface area contributed by atoms with Crippen LogP contribution >= 0.6 is 0 Å². The largest absolute Gasteiger partial charge is 0.496 e. The number of hydrogen-bond acceptors (Lipinski definition) is 8. The van der Waals surface area contributed by atoms with E-state index in [1.165, 1.54) is 5.57 Å². The highest BCUT2D eigenvalue weighted by atomic mass is 16.6. The fourth-order valence-electron chi connectivity index (χ4n) is 5.64. The second-order valence-corrected chi connectivity index (χ2v) is 11.6. The maximum atomic E-state index is 12.6. The van der Waals surface area contributed by atoms with Crippen LogP contribution in [0.25, 0.3) is 28.5 Å². The molecule has 2 saturated heterocycles. The first-order chi connectivity index (χ1) is 19.2. The lowest BCUT2D eigenvalue weighted by molar-refractivity contribution is -0.0298. The number of methoxy groups -OCH3 is 1. The molecule has 1 amide bonds. The van der Waals surface area contributed by atoms with Gasteiger partial charge in [0.05, 0.1) is 13.4 Å². The number of amides is 1. The highest BCUT2D eigenvalue weighted by Crippen LogP contribution is 2.37. The topological polar surface area (TPSA) is 94.8 Å². The molecular formula is C30H36N6O4. The minimum atomic E-state index is -0.521. The molecule has 10 heteroatoms. The molecule has 0 aliphatic carbocycles. The lowest BCUT2D eigenvalue weighted by atomic mass is 10.1. The van der Waals surface area contributed by atoms with Crippen LogP contribution in [0.5, 0.6) is 5.75 Å². The Morgan fingerprint density at radius 1 is 1.20 bits per heavy atom. The van der Waals surface area contributed by atoms with E-state index >= 15 is 0 Å². The van der Waals surface area contributed by atoms with Gasteiger partial charge in [0.25, 0.3) is 0 Å². The summed E-state index contributed by atoms with van der Waals surface area (Å²) in [4.78, 5) is 31.3. The minimum Gasteiger partial charge on any atom is -0.496 e. The van der Waals surface area contributed by atoms with Gasteiger partial charge >= 0.3 is 6.09 Å². The first-order valence-corrected chi connectivity index (χ1v) is 13.9. The highest BCUT2D eigenvalue weighted by Gasteiger charge is 2.38. The number of aromatic nitrogens is 4. The Morgan fingerprint density at radius 2 is 2.05 bits per heavy atom. The van der Waals surface area contributed by atoms with Crippen LogP contribution in [0, 0.1) is 5.92 Å². The Bertz CT molecular complexity index is 1480. The zero-order valence-electron chi connectivity index (χ0n) is 23.6. The number of anilines is 1. The summed E-state index contributed by atoms with van der Waals surface area (Å²) in [6, 6.07) is 5.93. The van der Waals surface area contributed by atoms with Gasteiger partial charge in [-0.15, -0.1) is 0 Å². The average Bonchev–Trinajstić information content (AvgIpc) is 3.65. The van der Waals surface area contributed by atoms with Gasteiger partial charge in [-0.25, -0.2) is 14.8 Å². The van der Waals surface area contributed by atoms with Gasteiger partial charge in [0.1, 0.15) is 28.8 Å². The number of carbonyl (C=O) groups is 1. The summed E-state index contributed by atoms with van der Waals surface area (Å²) in [6.07, 6.45) is 8.38. The Labute approximate surface area is 234 Å². The zero-order chi connectivity index (χ0) is 28.0. The summed E-state index contributed by atoms with van der Waals surface area (Å²) >= 11 is 0. The zero-order valence-corrected chi connectivity index (χ0v) is 23.6. The predicted molar refractivity (Wildman–Crippen MR) is 153 cm³/mol. The molecule has 3 aromatic rings. The monoisotopic (exact) mass is 544 g/mol. The summed E-state index contributed by atoms with van der Waals surface area (Å²) < 4.78 is 19.2. The summed E-state index contributed by atoms with van der Waals surface area (Å²) in [5.74, 6) is 1.55. The molecule has 2 fully saturated rings. The number of benzene rings is 1. The number of imidazole rings is 1. The molecule has 6 rings (SSSR count). The van der Waals surface area contributed by atoms with Crippen LogP contribution in [0.3, 0.4) is 0 Å². The standard InChI is InChI=1S/C30H36N6O4/c1-6-19-13-20(10-11-23(19)38-5)25-26-27(36(18-31-26)24-9-7-8-12-39-24)33-28(32-25)34-14-21-16-35(17-22(21)15-34)29(37)40-30(2,3)4/h6,10-11,13-14,18,22,24H,1,7-9,12,15-17H2,2-5H3. The van der Waals surface area contributed by atoms with Gasteiger partial charge in [-0.2, -0.15) is 4.98 Å². The molecule has 10 nitrogen and oxygen atoms in total. The van der Waals surface area contributed by atoms with Crippen LogP contribution in [-0.4, -0.2) is 69.5 Å². The average molecular weight is 545 g/mol. The van der Waals surface area contributed by atoms with Gasteiger partial charge in [0, 0.05) is 49.5 Å². The molecular weight excluding hydrogens is 508 g/mol. The first-order valence-electron chi connectivity index (χ1n) is 13.9. The van der Waals surface area contributed by atoms with Gasteiger partial charge in [0.15, 0.2) is 5.65 Å². The summed E-state index contributed by atoms with van der Waals surface area (Å²) in [6.45, 7) is 12.2. The van der Waals surface area contributed by atoms with Gasteiger partial charge in [-0.3, -0.25) is 4.57 Å². The van der Waals surface area contributed by atoms with Crippen LogP contribution in [0.1, 0.15) is 51.8 Å². The Morgan fingerprint density at radius 3 is 2.75 bits per heavy atom. The SMILES string of the molecule is C=Cc1cc(-c2nc(N3C=C4CN(C(=O)OC(C)(C)C)CC4C3)nc3c2ncn3C2CCCCO2)ccc1OC. The van der Waals surface area contributed by atoms with Crippen LogP contribution in [0.4, 0.5) is 10.7 Å². The molecule has 0 spiro atoms. The number of carbonyl (C=O) groups excluding carboxylic acids is 1. The number of ether oxygens (including phenoxy) is 3. The number of likely N-dealkylation sites (tertiary alicyclic amines) is 1. The van der Waals surface area contributed by atoms with Gasteiger partial charge < -0.3 is 24.0 Å². The minimum absolute atomic E-state index is 0.104. The van der Waals surface area contributed by atoms with E-state index in [2.05, 4.69) is 17.7 Å². The van der Waals surface area contributed by atoms with Crippen molar-refractivity contribution in [3.8, 4) is 17.0 Å². The van der Waals surface area contributed by atoms with E-state index in [-0.39, 0.29) is 18.2 Å². The number of hydrogen-bond donors (Lipinski definition) is 0. The lowest BCUT2D eigenvalue weighted by Crippen LogP contribution is -2.36. The van der Waals surface area contributed by atoms with E-state index in [9.17, 15) is 4.79 Å². The van der Waals surface area contributed by atoms with Crippen molar-refractivity contribution in [1.29, 1.82) is 0 Å². The normalized spacial score (nSPS) is 20.9. The molecule has 40 heavy (non-hydrogen) atoms. The summed E-state index contributed by atoms with van der Waals surface area (Å²) in [7, 11) is 1.65. The van der Waals surface area contributed by atoms with E-state index in [4.69, 9.17) is 29.2 Å². The van der Waals surface area contributed by atoms with E-state index < -0.39 is 5.60 Å². The summed E-state index contributed by atoms with van der Waals surface area (Å²) in [5, 5.41) is 0. The lowest BCUT2D eigenvalue weighted by Gasteiger charge is -2.25. The molecule has 210 valence electrons.